The van der Waals surface area contributed by atoms with Gasteiger partial charge in [-0.05, 0) is 23.3 Å². The minimum Gasteiger partial charge on any atom is -0.314 e. The lowest BCUT2D eigenvalue weighted by molar-refractivity contribution is -0.137. The standard InChI is InChI=1S/C18H19F3N2.2ClH/c19-18(20,21)16-8-6-15(7-9-16)17(14-4-2-1-3-5-14)23-12-10-22-11-13-23;;/h1-9,17,22H,10-13H2;2*1H. The first-order valence-electron chi connectivity index (χ1n) is 7.72. The Bertz CT molecular complexity index is 627. The molecule has 1 fully saturated rings. The van der Waals surface area contributed by atoms with Crippen molar-refractivity contribution in [1.29, 1.82) is 0 Å². The summed E-state index contributed by atoms with van der Waals surface area (Å²) < 4.78 is 38.3. The van der Waals surface area contributed by atoms with Crippen LogP contribution in [0.1, 0.15) is 22.7 Å². The van der Waals surface area contributed by atoms with E-state index in [0.29, 0.717) is 0 Å². The van der Waals surface area contributed by atoms with Crippen LogP contribution in [0.15, 0.2) is 54.6 Å². The molecule has 1 aliphatic heterocycles. The van der Waals surface area contributed by atoms with E-state index < -0.39 is 11.7 Å². The fourth-order valence-electron chi connectivity index (χ4n) is 3.04. The zero-order valence-corrected chi connectivity index (χ0v) is 15.1. The molecule has 0 aliphatic carbocycles. The van der Waals surface area contributed by atoms with Crippen LogP contribution < -0.4 is 5.32 Å². The molecule has 0 saturated carbocycles. The normalized spacial score (nSPS) is 16.4. The fraction of sp³-hybridized carbons (Fsp3) is 0.333. The monoisotopic (exact) mass is 392 g/mol. The van der Waals surface area contributed by atoms with Crippen LogP contribution in [-0.4, -0.2) is 31.1 Å². The van der Waals surface area contributed by atoms with Gasteiger partial charge in [0, 0.05) is 26.2 Å². The Hall–Kier alpha value is -1.27. The third-order valence-electron chi connectivity index (χ3n) is 4.19. The average Bonchev–Trinajstić information content (AvgIpc) is 2.57. The number of rotatable bonds is 3. The van der Waals surface area contributed by atoms with Crippen molar-refractivity contribution in [1.82, 2.24) is 10.2 Å². The second-order valence-electron chi connectivity index (χ2n) is 5.72. The molecule has 138 valence electrons. The van der Waals surface area contributed by atoms with E-state index in [1.54, 1.807) is 12.1 Å². The van der Waals surface area contributed by atoms with Gasteiger partial charge < -0.3 is 5.32 Å². The molecule has 1 heterocycles. The Labute approximate surface area is 158 Å². The van der Waals surface area contributed by atoms with E-state index in [1.807, 2.05) is 30.3 Å². The number of alkyl halides is 3. The molecule has 7 heteroatoms. The fourth-order valence-corrected chi connectivity index (χ4v) is 3.04. The molecule has 3 rings (SSSR count). The highest BCUT2D eigenvalue weighted by atomic mass is 35.5. The molecule has 0 amide bonds. The highest BCUT2D eigenvalue weighted by Gasteiger charge is 2.31. The molecule has 1 atom stereocenters. The summed E-state index contributed by atoms with van der Waals surface area (Å²) in [5.41, 5.74) is 1.40. The molecule has 0 spiro atoms. The van der Waals surface area contributed by atoms with E-state index in [2.05, 4.69) is 10.2 Å². The highest BCUT2D eigenvalue weighted by molar-refractivity contribution is 5.85. The molecule has 1 aliphatic rings. The molecule has 2 nitrogen and oxygen atoms in total. The maximum absolute atomic E-state index is 12.8. The zero-order chi connectivity index (χ0) is 16.3. The third-order valence-corrected chi connectivity index (χ3v) is 4.19. The van der Waals surface area contributed by atoms with Gasteiger partial charge in [0.2, 0.25) is 0 Å². The number of benzene rings is 2. The highest BCUT2D eigenvalue weighted by Crippen LogP contribution is 2.33. The predicted octanol–water partition coefficient (Wildman–Crippen LogP) is 4.54. The van der Waals surface area contributed by atoms with Gasteiger partial charge in [-0.1, -0.05) is 42.5 Å². The largest absolute Gasteiger partial charge is 0.416 e. The van der Waals surface area contributed by atoms with Crippen molar-refractivity contribution in [3.8, 4) is 0 Å². The maximum Gasteiger partial charge on any atom is 0.416 e. The summed E-state index contributed by atoms with van der Waals surface area (Å²) in [6.07, 6.45) is -4.30. The van der Waals surface area contributed by atoms with Gasteiger partial charge in [0.05, 0.1) is 11.6 Å². The number of piperazine rings is 1. The van der Waals surface area contributed by atoms with Crippen LogP contribution in [-0.2, 0) is 6.18 Å². The van der Waals surface area contributed by atoms with Crippen LogP contribution >= 0.6 is 24.8 Å². The van der Waals surface area contributed by atoms with E-state index in [9.17, 15) is 13.2 Å². The Morgan fingerprint density at radius 3 is 1.84 bits per heavy atom. The summed E-state index contributed by atoms with van der Waals surface area (Å²) in [6, 6.07) is 15.5. The Morgan fingerprint density at radius 2 is 1.32 bits per heavy atom. The van der Waals surface area contributed by atoms with Crippen molar-refractivity contribution in [3.63, 3.8) is 0 Å². The van der Waals surface area contributed by atoms with E-state index in [-0.39, 0.29) is 30.9 Å². The summed E-state index contributed by atoms with van der Waals surface area (Å²) in [5.74, 6) is 0. The molecular weight excluding hydrogens is 372 g/mol. The lowest BCUT2D eigenvalue weighted by atomic mass is 9.95. The lowest BCUT2D eigenvalue weighted by Gasteiger charge is -2.35. The minimum atomic E-state index is -4.30. The first-order valence-corrected chi connectivity index (χ1v) is 7.72. The molecule has 0 aromatic heterocycles. The topological polar surface area (TPSA) is 15.3 Å². The second-order valence-corrected chi connectivity index (χ2v) is 5.72. The van der Waals surface area contributed by atoms with Crippen LogP contribution in [0.2, 0.25) is 0 Å². The van der Waals surface area contributed by atoms with E-state index in [0.717, 1.165) is 37.3 Å². The van der Waals surface area contributed by atoms with Gasteiger partial charge in [0.15, 0.2) is 0 Å². The minimum absolute atomic E-state index is 0. The average molecular weight is 393 g/mol. The predicted molar refractivity (Wildman–Crippen MR) is 98.7 cm³/mol. The number of nitrogens with zero attached hydrogens (tertiary/aromatic N) is 1. The van der Waals surface area contributed by atoms with Gasteiger partial charge >= 0.3 is 6.18 Å². The first kappa shape index (κ1) is 21.8. The van der Waals surface area contributed by atoms with Gasteiger partial charge in [-0.3, -0.25) is 4.90 Å². The summed E-state index contributed by atoms with van der Waals surface area (Å²) in [4.78, 5) is 2.31. The van der Waals surface area contributed by atoms with Gasteiger partial charge in [0.25, 0.3) is 0 Å². The number of hydrogen-bond donors (Lipinski definition) is 1. The summed E-state index contributed by atoms with van der Waals surface area (Å²) in [6.45, 7) is 3.54. The van der Waals surface area contributed by atoms with Gasteiger partial charge in [-0.15, -0.1) is 24.8 Å². The van der Waals surface area contributed by atoms with E-state index in [4.69, 9.17) is 0 Å². The molecule has 2 aromatic rings. The van der Waals surface area contributed by atoms with Gasteiger partial charge in [-0.2, -0.15) is 13.2 Å². The molecule has 1 saturated heterocycles. The number of hydrogen-bond acceptors (Lipinski definition) is 2. The van der Waals surface area contributed by atoms with Crippen LogP contribution in [0.3, 0.4) is 0 Å². The van der Waals surface area contributed by atoms with Crippen molar-refractivity contribution in [3.05, 3.63) is 71.3 Å². The van der Waals surface area contributed by atoms with Crippen LogP contribution in [0, 0.1) is 0 Å². The summed E-state index contributed by atoms with van der Waals surface area (Å²) in [7, 11) is 0. The van der Waals surface area contributed by atoms with Gasteiger partial charge in [0.1, 0.15) is 0 Å². The smallest absolute Gasteiger partial charge is 0.314 e. The van der Waals surface area contributed by atoms with Crippen LogP contribution in [0.25, 0.3) is 0 Å². The summed E-state index contributed by atoms with van der Waals surface area (Å²) in [5, 5.41) is 3.31. The van der Waals surface area contributed by atoms with Crippen LogP contribution in [0.5, 0.6) is 0 Å². The Balaban J connectivity index is 0.00000156. The molecule has 0 bridgehead atoms. The molecule has 1 unspecified atom stereocenters. The third kappa shape index (κ3) is 5.35. The number of halogens is 5. The SMILES string of the molecule is Cl.Cl.FC(F)(F)c1ccc(C(c2ccccc2)N2CCNCC2)cc1. The van der Waals surface area contributed by atoms with Gasteiger partial charge in [-0.25, -0.2) is 0 Å². The molecule has 25 heavy (non-hydrogen) atoms. The Morgan fingerprint density at radius 1 is 0.800 bits per heavy atom. The quantitative estimate of drug-likeness (QED) is 0.824. The van der Waals surface area contributed by atoms with Crippen LogP contribution in [0.4, 0.5) is 13.2 Å². The number of nitrogens with one attached hydrogen (secondary N) is 1. The molecule has 2 aromatic carbocycles. The molecule has 1 N–H and O–H groups in total. The summed E-state index contributed by atoms with van der Waals surface area (Å²) >= 11 is 0. The maximum atomic E-state index is 12.8. The van der Waals surface area contributed by atoms with E-state index in [1.165, 1.54) is 12.1 Å². The first-order chi connectivity index (χ1) is 11.1. The molecular formula is C18H21Cl2F3N2. The zero-order valence-electron chi connectivity index (χ0n) is 13.5. The lowest BCUT2D eigenvalue weighted by Crippen LogP contribution is -2.45. The molecule has 0 radical (unpaired) electrons. The van der Waals surface area contributed by atoms with E-state index >= 15 is 0 Å². The van der Waals surface area contributed by atoms with Crippen molar-refractivity contribution in [2.24, 2.45) is 0 Å². The van der Waals surface area contributed by atoms with Crippen molar-refractivity contribution < 1.29 is 13.2 Å². The second kappa shape index (κ2) is 9.43. The van der Waals surface area contributed by atoms with Crippen molar-refractivity contribution >= 4 is 24.8 Å². The van der Waals surface area contributed by atoms with Crippen molar-refractivity contribution in [2.75, 3.05) is 26.2 Å². The van der Waals surface area contributed by atoms with Crippen molar-refractivity contribution in [2.45, 2.75) is 12.2 Å². The Kier molecular flexibility index (Phi) is 8.22.